The lowest BCUT2D eigenvalue weighted by Crippen LogP contribution is -2.47. The van der Waals surface area contributed by atoms with E-state index in [4.69, 9.17) is 0 Å². The summed E-state index contributed by atoms with van der Waals surface area (Å²) in [4.78, 5) is 2.28. The molecule has 2 nitrogen and oxygen atoms in total. The number of piperidine rings is 1. The highest BCUT2D eigenvalue weighted by molar-refractivity contribution is 5.24. The van der Waals surface area contributed by atoms with Gasteiger partial charge in [-0.25, -0.2) is 0 Å². The third kappa shape index (κ3) is 1.92. The Bertz CT molecular complexity index is 325. The first-order valence-electron chi connectivity index (χ1n) is 5.59. The van der Waals surface area contributed by atoms with Crippen molar-refractivity contribution in [3.63, 3.8) is 0 Å². The molecule has 1 aliphatic rings. The fraction of sp³-hybridized carbons (Fsp3) is 0.538. The second-order valence-electron chi connectivity index (χ2n) is 4.70. The van der Waals surface area contributed by atoms with E-state index >= 15 is 0 Å². The first-order chi connectivity index (χ1) is 7.13. The van der Waals surface area contributed by atoms with E-state index < -0.39 is 5.60 Å². The maximum Gasteiger partial charge on any atom is 0.0946 e. The van der Waals surface area contributed by atoms with Crippen LogP contribution in [0.15, 0.2) is 30.3 Å². The van der Waals surface area contributed by atoms with Crippen LogP contribution in [0.25, 0.3) is 0 Å². The van der Waals surface area contributed by atoms with Crippen molar-refractivity contribution >= 4 is 0 Å². The van der Waals surface area contributed by atoms with Crippen LogP contribution in [-0.4, -0.2) is 30.1 Å². The summed E-state index contributed by atoms with van der Waals surface area (Å²) >= 11 is 0. The average molecular weight is 205 g/mol. The van der Waals surface area contributed by atoms with E-state index in [1.165, 1.54) is 0 Å². The molecule has 82 valence electrons. The summed E-state index contributed by atoms with van der Waals surface area (Å²) in [6.45, 7) is 4.06. The second-order valence-corrected chi connectivity index (χ2v) is 4.70. The van der Waals surface area contributed by atoms with Crippen molar-refractivity contribution in [3.8, 4) is 0 Å². The van der Waals surface area contributed by atoms with Gasteiger partial charge in [-0.2, -0.15) is 0 Å². The van der Waals surface area contributed by atoms with Gasteiger partial charge in [0.1, 0.15) is 0 Å². The molecule has 15 heavy (non-hydrogen) atoms. The third-order valence-corrected chi connectivity index (χ3v) is 3.55. The molecule has 1 fully saturated rings. The number of hydrogen-bond donors (Lipinski definition) is 1. The van der Waals surface area contributed by atoms with Crippen molar-refractivity contribution in [2.24, 2.45) is 5.92 Å². The highest BCUT2D eigenvalue weighted by Crippen LogP contribution is 2.36. The van der Waals surface area contributed by atoms with E-state index in [2.05, 4.69) is 18.9 Å². The normalized spacial score (nSPS) is 32.9. The molecule has 2 rings (SSSR count). The molecule has 1 aromatic rings. The van der Waals surface area contributed by atoms with Crippen LogP contribution in [0.2, 0.25) is 0 Å². The van der Waals surface area contributed by atoms with Crippen LogP contribution < -0.4 is 0 Å². The molecule has 1 aliphatic heterocycles. The Hall–Kier alpha value is -0.860. The molecule has 0 amide bonds. The van der Waals surface area contributed by atoms with Crippen LogP contribution in [0.5, 0.6) is 0 Å². The molecule has 1 saturated heterocycles. The second kappa shape index (κ2) is 3.95. The first kappa shape index (κ1) is 10.7. The van der Waals surface area contributed by atoms with Crippen LogP contribution in [0, 0.1) is 5.92 Å². The minimum atomic E-state index is -0.631. The molecule has 1 N–H and O–H groups in total. The minimum absolute atomic E-state index is 0.290. The summed E-state index contributed by atoms with van der Waals surface area (Å²) in [5.41, 5.74) is 0.430. The van der Waals surface area contributed by atoms with E-state index in [0.717, 1.165) is 25.1 Å². The summed E-state index contributed by atoms with van der Waals surface area (Å²) in [6, 6.07) is 10.0. The number of rotatable bonds is 1. The van der Waals surface area contributed by atoms with Gasteiger partial charge in [0.15, 0.2) is 0 Å². The Labute approximate surface area is 91.5 Å². The van der Waals surface area contributed by atoms with Crippen molar-refractivity contribution in [2.75, 3.05) is 20.1 Å². The lowest BCUT2D eigenvalue weighted by molar-refractivity contribution is -0.0659. The monoisotopic (exact) mass is 205 g/mol. The zero-order valence-corrected chi connectivity index (χ0v) is 9.48. The molecule has 0 unspecified atom stereocenters. The standard InChI is InChI=1S/C13H19NO/c1-11-10-14(2)9-8-13(11,15)12-6-4-3-5-7-12/h3-7,11,15H,8-10H2,1-2H3/t11-,13-/m1/s1. The average Bonchev–Trinajstić information content (AvgIpc) is 2.25. The van der Waals surface area contributed by atoms with Gasteiger partial charge in [0.25, 0.3) is 0 Å². The largest absolute Gasteiger partial charge is 0.385 e. The van der Waals surface area contributed by atoms with Crippen LogP contribution >= 0.6 is 0 Å². The first-order valence-corrected chi connectivity index (χ1v) is 5.59. The summed E-state index contributed by atoms with van der Waals surface area (Å²) < 4.78 is 0. The maximum absolute atomic E-state index is 10.7. The van der Waals surface area contributed by atoms with Gasteiger partial charge in [-0.05, 0) is 19.0 Å². The summed E-state index contributed by atoms with van der Waals surface area (Å²) in [6.07, 6.45) is 0.828. The molecular formula is C13H19NO. The number of likely N-dealkylation sites (tertiary alicyclic amines) is 1. The van der Waals surface area contributed by atoms with E-state index in [1.54, 1.807) is 0 Å². The predicted octanol–water partition coefficient (Wildman–Crippen LogP) is 1.85. The maximum atomic E-state index is 10.7. The van der Waals surface area contributed by atoms with Crippen LogP contribution in [0.1, 0.15) is 18.9 Å². The Kier molecular flexibility index (Phi) is 2.81. The fourth-order valence-electron chi connectivity index (χ4n) is 2.47. The van der Waals surface area contributed by atoms with Gasteiger partial charge < -0.3 is 10.0 Å². The van der Waals surface area contributed by atoms with Gasteiger partial charge >= 0.3 is 0 Å². The van der Waals surface area contributed by atoms with Crippen molar-refractivity contribution in [3.05, 3.63) is 35.9 Å². The molecule has 2 heteroatoms. The predicted molar refractivity (Wildman–Crippen MR) is 61.6 cm³/mol. The minimum Gasteiger partial charge on any atom is -0.385 e. The SMILES string of the molecule is C[C@@H]1CN(C)CC[C@]1(O)c1ccccc1. The Morgan fingerprint density at radius 1 is 1.33 bits per heavy atom. The van der Waals surface area contributed by atoms with Crippen LogP contribution in [0.4, 0.5) is 0 Å². The van der Waals surface area contributed by atoms with Crippen molar-refractivity contribution < 1.29 is 5.11 Å². The van der Waals surface area contributed by atoms with Gasteiger partial charge in [-0.3, -0.25) is 0 Å². The van der Waals surface area contributed by atoms with E-state index in [9.17, 15) is 5.11 Å². The van der Waals surface area contributed by atoms with Gasteiger partial charge in [0.2, 0.25) is 0 Å². The highest BCUT2D eigenvalue weighted by Gasteiger charge is 2.38. The molecule has 0 bridgehead atoms. The lowest BCUT2D eigenvalue weighted by atomic mass is 9.77. The number of benzene rings is 1. The molecular weight excluding hydrogens is 186 g/mol. The van der Waals surface area contributed by atoms with E-state index in [1.807, 2.05) is 30.3 Å². The topological polar surface area (TPSA) is 23.5 Å². The molecule has 1 heterocycles. The van der Waals surface area contributed by atoms with Crippen molar-refractivity contribution in [1.29, 1.82) is 0 Å². The summed E-state index contributed by atoms with van der Waals surface area (Å²) in [5.74, 6) is 0.290. The number of aliphatic hydroxyl groups is 1. The van der Waals surface area contributed by atoms with E-state index in [-0.39, 0.29) is 0 Å². The van der Waals surface area contributed by atoms with Crippen LogP contribution in [0.3, 0.4) is 0 Å². The molecule has 2 atom stereocenters. The molecule has 0 aliphatic carbocycles. The molecule has 1 aromatic carbocycles. The quantitative estimate of drug-likeness (QED) is 0.756. The van der Waals surface area contributed by atoms with Gasteiger partial charge in [0, 0.05) is 19.0 Å². The number of hydrogen-bond acceptors (Lipinski definition) is 2. The van der Waals surface area contributed by atoms with E-state index in [0.29, 0.717) is 5.92 Å². The Morgan fingerprint density at radius 2 is 2.00 bits per heavy atom. The molecule has 0 radical (unpaired) electrons. The smallest absolute Gasteiger partial charge is 0.0946 e. The lowest BCUT2D eigenvalue weighted by Gasteiger charge is -2.42. The van der Waals surface area contributed by atoms with Crippen LogP contribution in [-0.2, 0) is 5.60 Å². The van der Waals surface area contributed by atoms with Gasteiger partial charge in [0.05, 0.1) is 5.60 Å². The van der Waals surface area contributed by atoms with Gasteiger partial charge in [-0.15, -0.1) is 0 Å². The molecule has 0 saturated carbocycles. The van der Waals surface area contributed by atoms with Gasteiger partial charge in [-0.1, -0.05) is 37.3 Å². The zero-order chi connectivity index (χ0) is 10.9. The highest BCUT2D eigenvalue weighted by atomic mass is 16.3. The van der Waals surface area contributed by atoms with Crippen molar-refractivity contribution in [2.45, 2.75) is 18.9 Å². The zero-order valence-electron chi connectivity index (χ0n) is 9.48. The molecule has 0 aromatic heterocycles. The number of nitrogens with zero attached hydrogens (tertiary/aromatic N) is 1. The van der Waals surface area contributed by atoms with Crippen molar-refractivity contribution in [1.82, 2.24) is 4.90 Å². The summed E-state index contributed by atoms with van der Waals surface area (Å²) in [7, 11) is 2.11. The third-order valence-electron chi connectivity index (χ3n) is 3.55. The Balaban J connectivity index is 2.27. The summed E-state index contributed by atoms with van der Waals surface area (Å²) in [5, 5.41) is 10.7. The Morgan fingerprint density at radius 3 is 2.60 bits per heavy atom. The molecule has 0 spiro atoms. The fourth-order valence-corrected chi connectivity index (χ4v) is 2.47.